The lowest BCUT2D eigenvalue weighted by Gasteiger charge is -2.14. The van der Waals surface area contributed by atoms with Gasteiger partial charge in [-0.05, 0) is 24.3 Å². The summed E-state index contributed by atoms with van der Waals surface area (Å²) in [6.45, 7) is 5.90. The zero-order valence-corrected chi connectivity index (χ0v) is 13.0. The van der Waals surface area contributed by atoms with Crippen molar-refractivity contribution < 1.29 is 14.6 Å². The van der Waals surface area contributed by atoms with Crippen LogP contribution in [0.3, 0.4) is 0 Å². The van der Waals surface area contributed by atoms with E-state index in [9.17, 15) is 5.11 Å². The number of benzene rings is 1. The van der Waals surface area contributed by atoms with Crippen LogP contribution < -0.4 is 10.1 Å². The van der Waals surface area contributed by atoms with Crippen LogP contribution in [0.25, 0.3) is 0 Å². The maximum atomic E-state index is 9.61. The molecule has 0 unspecified atom stereocenters. The summed E-state index contributed by atoms with van der Waals surface area (Å²) in [5.41, 5.74) is 0. The van der Waals surface area contributed by atoms with Crippen LogP contribution in [0.15, 0.2) is 28.7 Å². The highest BCUT2D eigenvalue weighted by Gasteiger charge is 2.04. The Hall–Kier alpha value is -0.620. The molecule has 19 heavy (non-hydrogen) atoms. The van der Waals surface area contributed by atoms with Crippen LogP contribution >= 0.6 is 15.9 Å². The third-order valence-electron chi connectivity index (χ3n) is 2.38. The normalized spacial score (nSPS) is 12.7. The summed E-state index contributed by atoms with van der Waals surface area (Å²) in [5, 5.41) is 12.8. The molecule has 0 bridgehead atoms. The van der Waals surface area contributed by atoms with E-state index < -0.39 is 6.10 Å². The van der Waals surface area contributed by atoms with Crippen molar-refractivity contribution in [1.29, 1.82) is 0 Å². The van der Waals surface area contributed by atoms with E-state index in [1.54, 1.807) is 0 Å². The highest BCUT2D eigenvalue weighted by atomic mass is 79.9. The first-order valence-corrected chi connectivity index (χ1v) is 7.25. The monoisotopic (exact) mass is 331 g/mol. The lowest BCUT2D eigenvalue weighted by atomic mass is 10.3. The highest BCUT2D eigenvalue weighted by Crippen LogP contribution is 2.15. The highest BCUT2D eigenvalue weighted by molar-refractivity contribution is 9.10. The molecule has 108 valence electrons. The SMILES string of the molecule is CC(C)NC[C@H](O)COCCOc1ccc(Br)cc1. The third-order valence-corrected chi connectivity index (χ3v) is 2.91. The second-order valence-electron chi connectivity index (χ2n) is 4.59. The van der Waals surface area contributed by atoms with Gasteiger partial charge in [-0.15, -0.1) is 0 Å². The number of aliphatic hydroxyl groups excluding tert-OH is 1. The summed E-state index contributed by atoms with van der Waals surface area (Å²) < 4.78 is 11.9. The van der Waals surface area contributed by atoms with Gasteiger partial charge in [0.05, 0.1) is 19.3 Å². The van der Waals surface area contributed by atoms with Crippen molar-refractivity contribution in [2.75, 3.05) is 26.4 Å². The topological polar surface area (TPSA) is 50.7 Å². The number of rotatable bonds is 9. The van der Waals surface area contributed by atoms with Gasteiger partial charge in [-0.1, -0.05) is 29.8 Å². The molecule has 0 radical (unpaired) electrons. The zero-order chi connectivity index (χ0) is 14.1. The number of hydrogen-bond donors (Lipinski definition) is 2. The molecule has 0 aromatic heterocycles. The lowest BCUT2D eigenvalue weighted by molar-refractivity contribution is 0.0244. The van der Waals surface area contributed by atoms with Crippen molar-refractivity contribution in [1.82, 2.24) is 5.32 Å². The van der Waals surface area contributed by atoms with Crippen LogP contribution in [0.4, 0.5) is 0 Å². The number of aliphatic hydroxyl groups is 1. The first-order valence-electron chi connectivity index (χ1n) is 6.45. The van der Waals surface area contributed by atoms with Gasteiger partial charge in [0, 0.05) is 17.1 Å². The lowest BCUT2D eigenvalue weighted by Crippen LogP contribution is -2.34. The minimum Gasteiger partial charge on any atom is -0.491 e. The molecule has 1 atom stereocenters. The van der Waals surface area contributed by atoms with Crippen LogP contribution in [-0.2, 0) is 4.74 Å². The fourth-order valence-electron chi connectivity index (χ4n) is 1.40. The molecule has 2 N–H and O–H groups in total. The summed E-state index contributed by atoms with van der Waals surface area (Å²) in [4.78, 5) is 0. The molecule has 0 aliphatic carbocycles. The van der Waals surface area contributed by atoms with Crippen LogP contribution in [0.2, 0.25) is 0 Å². The molecule has 1 aromatic carbocycles. The molecule has 5 heteroatoms. The van der Waals surface area contributed by atoms with E-state index in [0.717, 1.165) is 10.2 Å². The van der Waals surface area contributed by atoms with Crippen molar-refractivity contribution in [3.05, 3.63) is 28.7 Å². The van der Waals surface area contributed by atoms with Crippen LogP contribution in [0, 0.1) is 0 Å². The molecule has 0 saturated carbocycles. The van der Waals surface area contributed by atoms with Crippen molar-refractivity contribution >= 4 is 15.9 Å². The van der Waals surface area contributed by atoms with E-state index in [0.29, 0.717) is 32.4 Å². The number of ether oxygens (including phenoxy) is 2. The molecule has 0 saturated heterocycles. The van der Waals surface area contributed by atoms with Crippen LogP contribution in [0.5, 0.6) is 5.75 Å². The van der Waals surface area contributed by atoms with Crippen molar-refractivity contribution in [3.63, 3.8) is 0 Å². The number of halogens is 1. The van der Waals surface area contributed by atoms with E-state index in [1.807, 2.05) is 38.1 Å². The van der Waals surface area contributed by atoms with E-state index in [-0.39, 0.29) is 0 Å². The van der Waals surface area contributed by atoms with Gasteiger partial charge in [0.2, 0.25) is 0 Å². The van der Waals surface area contributed by atoms with Gasteiger partial charge >= 0.3 is 0 Å². The molecular formula is C14H22BrNO3. The predicted molar refractivity (Wildman–Crippen MR) is 79.6 cm³/mol. The van der Waals surface area contributed by atoms with Gasteiger partial charge < -0.3 is 19.9 Å². The van der Waals surface area contributed by atoms with E-state index in [4.69, 9.17) is 9.47 Å². The molecule has 0 heterocycles. The van der Waals surface area contributed by atoms with E-state index in [2.05, 4.69) is 21.2 Å². The van der Waals surface area contributed by atoms with E-state index >= 15 is 0 Å². The second-order valence-corrected chi connectivity index (χ2v) is 5.51. The fraction of sp³-hybridized carbons (Fsp3) is 0.571. The van der Waals surface area contributed by atoms with Gasteiger partial charge in [0.25, 0.3) is 0 Å². The second kappa shape index (κ2) is 9.31. The summed E-state index contributed by atoms with van der Waals surface area (Å²) in [7, 11) is 0. The summed E-state index contributed by atoms with van der Waals surface area (Å²) in [6, 6.07) is 8.02. The number of nitrogens with one attached hydrogen (secondary N) is 1. The minimum absolute atomic E-state index is 0.323. The van der Waals surface area contributed by atoms with E-state index in [1.165, 1.54) is 0 Å². The van der Waals surface area contributed by atoms with Gasteiger partial charge in [-0.2, -0.15) is 0 Å². The zero-order valence-electron chi connectivity index (χ0n) is 11.4. The molecular weight excluding hydrogens is 310 g/mol. The molecule has 4 nitrogen and oxygen atoms in total. The standard InChI is InChI=1S/C14H22BrNO3/c1-11(2)16-9-13(17)10-18-7-8-19-14-5-3-12(15)4-6-14/h3-6,11,13,16-17H,7-10H2,1-2H3/t13-/m0/s1. The van der Waals surface area contributed by atoms with Crippen LogP contribution in [-0.4, -0.2) is 43.6 Å². The van der Waals surface area contributed by atoms with Gasteiger partial charge in [0.15, 0.2) is 0 Å². The van der Waals surface area contributed by atoms with Crippen molar-refractivity contribution in [2.45, 2.75) is 26.0 Å². The largest absolute Gasteiger partial charge is 0.491 e. The molecule has 0 amide bonds. The smallest absolute Gasteiger partial charge is 0.119 e. The summed E-state index contributed by atoms with van der Waals surface area (Å²) in [6.07, 6.45) is -0.477. The Balaban J connectivity index is 2.03. The quantitative estimate of drug-likeness (QED) is 0.681. The minimum atomic E-state index is -0.477. The number of hydrogen-bond acceptors (Lipinski definition) is 4. The van der Waals surface area contributed by atoms with Gasteiger partial charge in [-0.3, -0.25) is 0 Å². The Morgan fingerprint density at radius 2 is 1.89 bits per heavy atom. The van der Waals surface area contributed by atoms with Gasteiger partial charge in [-0.25, -0.2) is 0 Å². The molecule has 0 fully saturated rings. The first kappa shape index (κ1) is 16.4. The third kappa shape index (κ3) is 8.21. The van der Waals surface area contributed by atoms with Crippen molar-refractivity contribution in [3.8, 4) is 5.75 Å². The molecule has 0 aliphatic rings. The fourth-order valence-corrected chi connectivity index (χ4v) is 1.66. The Labute approximate surface area is 123 Å². The average Bonchev–Trinajstić information content (AvgIpc) is 2.38. The Kier molecular flexibility index (Phi) is 8.05. The molecule has 1 rings (SSSR count). The average molecular weight is 332 g/mol. The first-order chi connectivity index (χ1) is 9.08. The molecule has 0 spiro atoms. The Morgan fingerprint density at radius 3 is 2.53 bits per heavy atom. The maximum absolute atomic E-state index is 9.61. The summed E-state index contributed by atoms with van der Waals surface area (Å²) in [5.74, 6) is 0.814. The van der Waals surface area contributed by atoms with Crippen LogP contribution in [0.1, 0.15) is 13.8 Å². The Morgan fingerprint density at radius 1 is 1.21 bits per heavy atom. The maximum Gasteiger partial charge on any atom is 0.119 e. The van der Waals surface area contributed by atoms with Crippen molar-refractivity contribution in [2.24, 2.45) is 0 Å². The van der Waals surface area contributed by atoms with Gasteiger partial charge in [0.1, 0.15) is 12.4 Å². The molecule has 0 aliphatic heterocycles. The predicted octanol–water partition coefficient (Wildman–Crippen LogP) is 2.20. The Bertz CT molecular complexity index is 343. The molecule has 1 aromatic rings. The summed E-state index contributed by atoms with van der Waals surface area (Å²) >= 11 is 3.37.